The van der Waals surface area contributed by atoms with Crippen molar-refractivity contribution in [2.75, 3.05) is 25.1 Å². The molecule has 0 spiro atoms. The zero-order chi connectivity index (χ0) is 13.9. The molecule has 0 aliphatic heterocycles. The van der Waals surface area contributed by atoms with Crippen LogP contribution in [0.3, 0.4) is 0 Å². The van der Waals surface area contributed by atoms with Gasteiger partial charge in [0.15, 0.2) is 0 Å². The van der Waals surface area contributed by atoms with Crippen molar-refractivity contribution >= 4 is 27.4 Å². The van der Waals surface area contributed by atoms with Crippen molar-refractivity contribution in [1.82, 2.24) is 9.97 Å². The van der Waals surface area contributed by atoms with Gasteiger partial charge >= 0.3 is 0 Å². The average Bonchev–Trinajstić information content (AvgIpc) is 2.98. The van der Waals surface area contributed by atoms with Crippen molar-refractivity contribution < 1.29 is 4.74 Å². The predicted molar refractivity (Wildman–Crippen MR) is 83.6 cm³/mol. The van der Waals surface area contributed by atoms with E-state index in [2.05, 4.69) is 29.1 Å². The van der Waals surface area contributed by atoms with Crippen LogP contribution in [0.5, 0.6) is 0 Å². The molecule has 0 atom stereocenters. The number of rotatable bonds is 6. The second kappa shape index (κ2) is 6.06. The number of ether oxygens (including phenoxy) is 1. The maximum atomic E-state index is 5.60. The van der Waals surface area contributed by atoms with E-state index in [1.165, 1.54) is 35.1 Å². The lowest BCUT2D eigenvalue weighted by Gasteiger charge is -2.09. The molecule has 2 aromatic heterocycles. The van der Waals surface area contributed by atoms with Crippen molar-refractivity contribution in [3.63, 3.8) is 0 Å². The number of aromatic nitrogens is 2. The van der Waals surface area contributed by atoms with E-state index in [4.69, 9.17) is 4.74 Å². The second-order valence-electron chi connectivity index (χ2n) is 5.66. The predicted octanol–water partition coefficient (Wildman–Crippen LogP) is 3.26. The van der Waals surface area contributed by atoms with Crippen LogP contribution < -0.4 is 5.32 Å². The van der Waals surface area contributed by atoms with Crippen molar-refractivity contribution in [2.45, 2.75) is 33.1 Å². The summed E-state index contributed by atoms with van der Waals surface area (Å²) in [5.41, 5.74) is 1.47. The molecule has 20 heavy (non-hydrogen) atoms. The number of hydrogen-bond donors (Lipinski definition) is 1. The Morgan fingerprint density at radius 1 is 1.35 bits per heavy atom. The van der Waals surface area contributed by atoms with E-state index < -0.39 is 0 Å². The van der Waals surface area contributed by atoms with Gasteiger partial charge in [0.1, 0.15) is 17.0 Å². The number of nitrogens with one attached hydrogen (secondary N) is 1. The Balaban J connectivity index is 1.69. The highest BCUT2D eigenvalue weighted by Crippen LogP contribution is 2.38. The SMILES string of the molecule is CC(C)COCCNc1ncnc2sc3c(c12)CCC3. The first-order valence-electron chi connectivity index (χ1n) is 7.32. The average molecular weight is 291 g/mol. The molecule has 5 heteroatoms. The molecule has 0 amide bonds. The third-order valence-corrected chi connectivity index (χ3v) is 4.69. The monoisotopic (exact) mass is 291 g/mol. The first-order valence-corrected chi connectivity index (χ1v) is 8.14. The molecule has 0 aromatic carbocycles. The van der Waals surface area contributed by atoms with Crippen LogP contribution in [0.15, 0.2) is 6.33 Å². The minimum absolute atomic E-state index is 0.584. The van der Waals surface area contributed by atoms with E-state index in [0.29, 0.717) is 5.92 Å². The zero-order valence-electron chi connectivity index (χ0n) is 12.1. The molecule has 1 N–H and O–H groups in total. The van der Waals surface area contributed by atoms with Crippen LogP contribution in [0.4, 0.5) is 5.82 Å². The van der Waals surface area contributed by atoms with Crippen molar-refractivity contribution in [2.24, 2.45) is 5.92 Å². The summed E-state index contributed by atoms with van der Waals surface area (Å²) in [6, 6.07) is 0. The van der Waals surface area contributed by atoms with Gasteiger partial charge < -0.3 is 10.1 Å². The van der Waals surface area contributed by atoms with E-state index in [0.717, 1.165) is 30.4 Å². The minimum atomic E-state index is 0.584. The molecule has 3 rings (SSSR count). The fraction of sp³-hybridized carbons (Fsp3) is 0.600. The van der Waals surface area contributed by atoms with Gasteiger partial charge in [-0.2, -0.15) is 0 Å². The van der Waals surface area contributed by atoms with Gasteiger partial charge in [-0.1, -0.05) is 13.8 Å². The lowest BCUT2D eigenvalue weighted by Crippen LogP contribution is -2.13. The molecular formula is C15H21N3OS. The summed E-state index contributed by atoms with van der Waals surface area (Å²) in [6.07, 6.45) is 5.29. The third kappa shape index (κ3) is 2.79. The molecule has 0 bridgehead atoms. The van der Waals surface area contributed by atoms with Gasteiger partial charge in [0, 0.05) is 18.0 Å². The first kappa shape index (κ1) is 13.8. The molecule has 108 valence electrons. The van der Waals surface area contributed by atoms with E-state index in [1.807, 2.05) is 11.3 Å². The maximum absolute atomic E-state index is 5.60. The Kier molecular flexibility index (Phi) is 4.17. The fourth-order valence-electron chi connectivity index (χ4n) is 2.62. The van der Waals surface area contributed by atoms with Crippen LogP contribution in [-0.2, 0) is 17.6 Å². The summed E-state index contributed by atoms with van der Waals surface area (Å²) in [7, 11) is 0. The fourth-order valence-corrected chi connectivity index (χ4v) is 3.85. The smallest absolute Gasteiger partial charge is 0.138 e. The Labute approximate surface area is 123 Å². The van der Waals surface area contributed by atoms with Crippen LogP contribution in [0.2, 0.25) is 0 Å². The van der Waals surface area contributed by atoms with Crippen LogP contribution >= 0.6 is 11.3 Å². The first-order chi connectivity index (χ1) is 9.75. The van der Waals surface area contributed by atoms with Gasteiger partial charge in [0.2, 0.25) is 0 Å². The molecule has 2 heterocycles. The Morgan fingerprint density at radius 3 is 3.10 bits per heavy atom. The van der Waals surface area contributed by atoms with Crippen LogP contribution in [0.25, 0.3) is 10.2 Å². The van der Waals surface area contributed by atoms with Crippen LogP contribution in [0, 0.1) is 5.92 Å². The Morgan fingerprint density at radius 2 is 2.25 bits per heavy atom. The quantitative estimate of drug-likeness (QED) is 0.830. The number of anilines is 1. The lowest BCUT2D eigenvalue weighted by molar-refractivity contribution is 0.118. The highest BCUT2D eigenvalue weighted by atomic mass is 32.1. The molecular weight excluding hydrogens is 270 g/mol. The Bertz CT molecular complexity index is 594. The summed E-state index contributed by atoms with van der Waals surface area (Å²) >= 11 is 1.83. The largest absolute Gasteiger partial charge is 0.379 e. The molecule has 2 aromatic rings. The van der Waals surface area contributed by atoms with Gasteiger partial charge in [-0.25, -0.2) is 9.97 Å². The van der Waals surface area contributed by atoms with Crippen molar-refractivity contribution in [3.05, 3.63) is 16.8 Å². The third-order valence-electron chi connectivity index (χ3n) is 3.49. The van der Waals surface area contributed by atoms with Crippen molar-refractivity contribution in [1.29, 1.82) is 0 Å². The summed E-state index contributed by atoms with van der Waals surface area (Å²) in [5.74, 6) is 1.56. The zero-order valence-corrected chi connectivity index (χ0v) is 12.9. The molecule has 1 aliphatic carbocycles. The summed E-state index contributed by atoms with van der Waals surface area (Å²) in [6.45, 7) is 6.65. The molecule has 0 radical (unpaired) electrons. The van der Waals surface area contributed by atoms with Crippen molar-refractivity contribution in [3.8, 4) is 0 Å². The molecule has 0 fully saturated rings. The highest BCUT2D eigenvalue weighted by molar-refractivity contribution is 7.19. The number of nitrogens with zero attached hydrogens (tertiary/aromatic N) is 2. The minimum Gasteiger partial charge on any atom is -0.379 e. The van der Waals surface area contributed by atoms with Gasteiger partial charge in [0.25, 0.3) is 0 Å². The van der Waals surface area contributed by atoms with Gasteiger partial charge in [0.05, 0.1) is 12.0 Å². The summed E-state index contributed by atoms with van der Waals surface area (Å²) in [5, 5.41) is 4.65. The topological polar surface area (TPSA) is 47.0 Å². The van der Waals surface area contributed by atoms with Crippen LogP contribution in [-0.4, -0.2) is 29.7 Å². The number of aryl methyl sites for hydroxylation is 2. The van der Waals surface area contributed by atoms with E-state index >= 15 is 0 Å². The summed E-state index contributed by atoms with van der Waals surface area (Å²) in [4.78, 5) is 11.4. The molecule has 0 unspecified atom stereocenters. The maximum Gasteiger partial charge on any atom is 0.138 e. The standard InChI is InChI=1S/C15H21N3OS/c1-10(2)8-19-7-6-16-14-13-11-4-3-5-12(11)20-15(13)18-9-17-14/h9-10H,3-8H2,1-2H3,(H,16,17,18). The van der Waals surface area contributed by atoms with E-state index in [-0.39, 0.29) is 0 Å². The molecule has 0 saturated heterocycles. The molecule has 4 nitrogen and oxygen atoms in total. The van der Waals surface area contributed by atoms with Gasteiger partial charge in [-0.3, -0.25) is 0 Å². The second-order valence-corrected chi connectivity index (χ2v) is 6.74. The van der Waals surface area contributed by atoms with E-state index in [1.54, 1.807) is 6.33 Å². The summed E-state index contributed by atoms with van der Waals surface area (Å²) < 4.78 is 5.60. The molecule has 0 saturated carbocycles. The van der Waals surface area contributed by atoms with E-state index in [9.17, 15) is 0 Å². The normalized spacial score (nSPS) is 14.2. The highest BCUT2D eigenvalue weighted by Gasteiger charge is 2.20. The Hall–Kier alpha value is -1.20. The van der Waals surface area contributed by atoms with Gasteiger partial charge in [-0.15, -0.1) is 11.3 Å². The van der Waals surface area contributed by atoms with Crippen LogP contribution in [0.1, 0.15) is 30.7 Å². The number of hydrogen-bond acceptors (Lipinski definition) is 5. The van der Waals surface area contributed by atoms with Gasteiger partial charge in [-0.05, 0) is 30.7 Å². The lowest BCUT2D eigenvalue weighted by atomic mass is 10.2. The number of fused-ring (bicyclic) bond motifs is 3. The number of thiophene rings is 1. The molecule has 1 aliphatic rings.